The molecule has 0 spiro atoms. The van der Waals surface area contributed by atoms with Gasteiger partial charge in [0.1, 0.15) is 0 Å². The Morgan fingerprint density at radius 1 is 1.33 bits per heavy atom. The van der Waals surface area contributed by atoms with Crippen molar-refractivity contribution in [2.75, 3.05) is 20.8 Å². The van der Waals surface area contributed by atoms with Gasteiger partial charge in [-0.15, -0.1) is 0 Å². The Balaban J connectivity index is 2.64. The van der Waals surface area contributed by atoms with Crippen molar-refractivity contribution in [1.29, 1.82) is 0 Å². The molecule has 1 aromatic rings. The van der Waals surface area contributed by atoms with Crippen LogP contribution in [0.3, 0.4) is 0 Å². The van der Waals surface area contributed by atoms with Crippen LogP contribution in [0.5, 0.6) is 11.5 Å². The maximum atomic E-state index is 10.4. The van der Waals surface area contributed by atoms with Crippen molar-refractivity contribution in [2.45, 2.75) is 19.4 Å². The number of methoxy groups -OCH3 is 2. The van der Waals surface area contributed by atoms with Crippen LogP contribution in [0.1, 0.15) is 12.5 Å². The topological polar surface area (TPSA) is 67.8 Å². The molecule has 0 saturated heterocycles. The molecule has 0 heterocycles. The lowest BCUT2D eigenvalue weighted by Crippen LogP contribution is -2.32. The summed E-state index contributed by atoms with van der Waals surface area (Å²) in [4.78, 5) is 10.4. The van der Waals surface area contributed by atoms with Gasteiger partial charge < -0.3 is 19.9 Å². The average molecular weight is 253 g/mol. The van der Waals surface area contributed by atoms with E-state index >= 15 is 0 Å². The highest BCUT2D eigenvalue weighted by atomic mass is 16.5. The van der Waals surface area contributed by atoms with Gasteiger partial charge in [-0.25, -0.2) is 0 Å². The predicted molar refractivity (Wildman–Crippen MR) is 68.4 cm³/mol. The highest BCUT2D eigenvalue weighted by molar-refractivity contribution is 5.69. The third-order valence-corrected chi connectivity index (χ3v) is 2.59. The van der Waals surface area contributed by atoms with Gasteiger partial charge >= 0.3 is 5.97 Å². The molecule has 0 fully saturated rings. The van der Waals surface area contributed by atoms with Crippen LogP contribution in [0.15, 0.2) is 18.2 Å². The highest BCUT2D eigenvalue weighted by Crippen LogP contribution is 2.27. The summed E-state index contributed by atoms with van der Waals surface area (Å²) in [5.41, 5.74) is 1.07. The van der Waals surface area contributed by atoms with E-state index in [9.17, 15) is 4.79 Å². The van der Waals surface area contributed by atoms with Crippen molar-refractivity contribution in [2.24, 2.45) is 0 Å². The Morgan fingerprint density at radius 3 is 2.56 bits per heavy atom. The van der Waals surface area contributed by atoms with E-state index in [1.807, 2.05) is 25.1 Å². The van der Waals surface area contributed by atoms with Crippen LogP contribution < -0.4 is 14.8 Å². The summed E-state index contributed by atoms with van der Waals surface area (Å²) in [5, 5.41) is 11.5. The Bertz CT molecular complexity index is 406. The molecule has 0 aliphatic heterocycles. The summed E-state index contributed by atoms with van der Waals surface area (Å²) in [6.07, 6.45) is 0.730. The second kappa shape index (κ2) is 6.86. The third-order valence-electron chi connectivity index (χ3n) is 2.59. The van der Waals surface area contributed by atoms with Crippen molar-refractivity contribution in [3.63, 3.8) is 0 Å². The molecular weight excluding hydrogens is 234 g/mol. The van der Waals surface area contributed by atoms with E-state index < -0.39 is 5.97 Å². The smallest absolute Gasteiger partial charge is 0.317 e. The van der Waals surface area contributed by atoms with E-state index in [0.717, 1.165) is 12.0 Å². The van der Waals surface area contributed by atoms with Gasteiger partial charge in [0.25, 0.3) is 0 Å². The van der Waals surface area contributed by atoms with Crippen LogP contribution >= 0.6 is 0 Å². The maximum absolute atomic E-state index is 10.4. The van der Waals surface area contributed by atoms with E-state index in [1.165, 1.54) is 0 Å². The summed E-state index contributed by atoms with van der Waals surface area (Å²) in [7, 11) is 3.18. The molecule has 0 bridgehead atoms. The molecule has 1 atom stereocenters. The number of benzene rings is 1. The quantitative estimate of drug-likeness (QED) is 0.767. The van der Waals surface area contributed by atoms with Crippen LogP contribution in [-0.4, -0.2) is 37.9 Å². The lowest BCUT2D eigenvalue weighted by atomic mass is 10.1. The van der Waals surface area contributed by atoms with Gasteiger partial charge in [0.05, 0.1) is 20.8 Å². The van der Waals surface area contributed by atoms with Gasteiger partial charge in [0.2, 0.25) is 0 Å². The molecule has 0 radical (unpaired) electrons. The minimum Gasteiger partial charge on any atom is -0.493 e. The first kappa shape index (κ1) is 14.3. The fourth-order valence-corrected chi connectivity index (χ4v) is 1.69. The van der Waals surface area contributed by atoms with E-state index in [1.54, 1.807) is 14.2 Å². The molecule has 5 heteroatoms. The zero-order chi connectivity index (χ0) is 13.5. The van der Waals surface area contributed by atoms with Crippen LogP contribution in [0, 0.1) is 0 Å². The number of carboxylic acid groups (broad SMARTS) is 1. The Morgan fingerprint density at radius 2 is 2.00 bits per heavy atom. The maximum Gasteiger partial charge on any atom is 0.317 e. The molecule has 18 heavy (non-hydrogen) atoms. The molecule has 0 aliphatic rings. The molecule has 0 aromatic heterocycles. The highest BCUT2D eigenvalue weighted by Gasteiger charge is 2.08. The molecular formula is C13H19NO4. The zero-order valence-electron chi connectivity index (χ0n) is 10.9. The van der Waals surface area contributed by atoms with Crippen molar-refractivity contribution in [3.05, 3.63) is 23.8 Å². The average Bonchev–Trinajstić information content (AvgIpc) is 2.36. The first-order valence-electron chi connectivity index (χ1n) is 5.73. The molecule has 1 unspecified atom stereocenters. The van der Waals surface area contributed by atoms with Crippen LogP contribution in [0.4, 0.5) is 0 Å². The normalized spacial score (nSPS) is 11.9. The Hall–Kier alpha value is -1.75. The summed E-state index contributed by atoms with van der Waals surface area (Å²) in [6.45, 7) is 1.91. The zero-order valence-corrected chi connectivity index (χ0v) is 10.9. The molecule has 5 nitrogen and oxygen atoms in total. The molecule has 0 amide bonds. The standard InChI is InChI=1S/C13H19NO4/c1-9(14-8-13(15)16)6-10-4-5-11(17-2)12(7-10)18-3/h4-5,7,9,14H,6,8H2,1-3H3,(H,15,16). The van der Waals surface area contributed by atoms with Crippen LogP contribution in [0.25, 0.3) is 0 Å². The summed E-state index contributed by atoms with van der Waals surface area (Å²) in [6, 6.07) is 5.77. The number of hydrogen-bond donors (Lipinski definition) is 2. The second-order valence-corrected chi connectivity index (χ2v) is 4.07. The van der Waals surface area contributed by atoms with E-state index in [2.05, 4.69) is 5.32 Å². The summed E-state index contributed by atoms with van der Waals surface area (Å²) < 4.78 is 10.4. The van der Waals surface area contributed by atoms with Gasteiger partial charge in [0.15, 0.2) is 11.5 Å². The minimum absolute atomic E-state index is 0.0333. The van der Waals surface area contributed by atoms with Crippen molar-refractivity contribution < 1.29 is 19.4 Å². The number of nitrogens with one attached hydrogen (secondary N) is 1. The van der Waals surface area contributed by atoms with Crippen molar-refractivity contribution >= 4 is 5.97 Å². The fourth-order valence-electron chi connectivity index (χ4n) is 1.69. The lowest BCUT2D eigenvalue weighted by molar-refractivity contribution is -0.136. The Labute approximate surface area is 107 Å². The van der Waals surface area contributed by atoms with E-state index in [-0.39, 0.29) is 12.6 Å². The number of carbonyl (C=O) groups is 1. The summed E-state index contributed by atoms with van der Waals surface area (Å²) in [5.74, 6) is 0.516. The molecule has 100 valence electrons. The number of ether oxygens (including phenoxy) is 2. The first-order valence-corrected chi connectivity index (χ1v) is 5.73. The van der Waals surface area contributed by atoms with Gasteiger partial charge in [-0.2, -0.15) is 0 Å². The lowest BCUT2D eigenvalue weighted by Gasteiger charge is -2.14. The van der Waals surface area contributed by atoms with Crippen molar-refractivity contribution in [3.8, 4) is 11.5 Å². The van der Waals surface area contributed by atoms with Gasteiger partial charge in [0, 0.05) is 6.04 Å². The number of carboxylic acids is 1. The van der Waals surface area contributed by atoms with Crippen LogP contribution in [-0.2, 0) is 11.2 Å². The number of aliphatic carboxylic acids is 1. The summed E-state index contributed by atoms with van der Waals surface area (Å²) >= 11 is 0. The fraction of sp³-hybridized carbons (Fsp3) is 0.462. The molecule has 0 aliphatic carbocycles. The predicted octanol–water partition coefficient (Wildman–Crippen LogP) is 1.31. The first-order chi connectivity index (χ1) is 8.56. The van der Waals surface area contributed by atoms with Gasteiger partial charge in [-0.05, 0) is 31.0 Å². The largest absolute Gasteiger partial charge is 0.493 e. The SMILES string of the molecule is COc1ccc(CC(C)NCC(=O)O)cc1OC. The number of rotatable bonds is 7. The van der Waals surface area contributed by atoms with Gasteiger partial charge in [-0.1, -0.05) is 6.07 Å². The third kappa shape index (κ3) is 4.25. The number of hydrogen-bond acceptors (Lipinski definition) is 4. The van der Waals surface area contributed by atoms with E-state index in [0.29, 0.717) is 11.5 Å². The van der Waals surface area contributed by atoms with Crippen molar-refractivity contribution in [1.82, 2.24) is 5.32 Å². The second-order valence-electron chi connectivity index (χ2n) is 4.07. The molecule has 0 saturated carbocycles. The van der Waals surface area contributed by atoms with Gasteiger partial charge in [-0.3, -0.25) is 4.79 Å². The molecule has 1 rings (SSSR count). The molecule has 1 aromatic carbocycles. The minimum atomic E-state index is -0.853. The molecule has 2 N–H and O–H groups in total. The Kier molecular flexibility index (Phi) is 5.45. The monoisotopic (exact) mass is 253 g/mol. The van der Waals surface area contributed by atoms with Crippen LogP contribution in [0.2, 0.25) is 0 Å². The van der Waals surface area contributed by atoms with E-state index in [4.69, 9.17) is 14.6 Å².